The molecule has 0 radical (unpaired) electrons. The van der Waals surface area contributed by atoms with E-state index in [2.05, 4.69) is 17.4 Å². The first-order chi connectivity index (χ1) is 9.78. The van der Waals surface area contributed by atoms with Gasteiger partial charge in [0.2, 0.25) is 0 Å². The van der Waals surface area contributed by atoms with Crippen LogP contribution in [-0.2, 0) is 5.54 Å². The second-order valence-electron chi connectivity index (χ2n) is 6.68. The van der Waals surface area contributed by atoms with E-state index >= 15 is 0 Å². The Bertz CT molecular complexity index is 414. The average Bonchev–Trinajstić information content (AvgIpc) is 2.68. The van der Waals surface area contributed by atoms with Gasteiger partial charge in [-0.05, 0) is 62.3 Å². The molecule has 1 nitrogen and oxygen atoms in total. The van der Waals surface area contributed by atoms with Crippen LogP contribution in [0, 0.1) is 5.92 Å². The average molecular weight is 292 g/mol. The maximum atomic E-state index is 6.02. The molecule has 0 bridgehead atoms. The zero-order valence-electron chi connectivity index (χ0n) is 12.3. The summed E-state index contributed by atoms with van der Waals surface area (Å²) in [6.07, 6.45) is 12.5. The summed E-state index contributed by atoms with van der Waals surface area (Å²) in [5, 5.41) is 4.76. The molecular formula is C18H26ClN. The minimum absolute atomic E-state index is 0.247. The summed E-state index contributed by atoms with van der Waals surface area (Å²) in [7, 11) is 0. The summed E-state index contributed by atoms with van der Waals surface area (Å²) in [6.45, 7) is 1.20. The Hall–Kier alpha value is -0.530. The zero-order chi connectivity index (χ0) is 13.8. The minimum Gasteiger partial charge on any atom is -0.307 e. The van der Waals surface area contributed by atoms with Crippen molar-refractivity contribution in [2.24, 2.45) is 5.92 Å². The Morgan fingerprint density at radius 2 is 1.60 bits per heavy atom. The first-order valence-corrected chi connectivity index (χ1v) is 8.67. The summed E-state index contributed by atoms with van der Waals surface area (Å²) < 4.78 is 0. The monoisotopic (exact) mass is 291 g/mol. The number of nitrogens with one attached hydrogen (secondary N) is 1. The van der Waals surface area contributed by atoms with E-state index in [-0.39, 0.29) is 5.54 Å². The summed E-state index contributed by atoms with van der Waals surface area (Å²) in [5.74, 6) is 0.891. The molecule has 0 atom stereocenters. The van der Waals surface area contributed by atoms with Gasteiger partial charge >= 0.3 is 0 Å². The van der Waals surface area contributed by atoms with Crippen LogP contribution in [0.3, 0.4) is 0 Å². The van der Waals surface area contributed by atoms with Gasteiger partial charge in [-0.25, -0.2) is 0 Å². The first-order valence-electron chi connectivity index (χ1n) is 8.30. The van der Waals surface area contributed by atoms with Crippen LogP contribution in [0.5, 0.6) is 0 Å². The fraction of sp³-hybridized carbons (Fsp3) is 0.667. The molecule has 1 aromatic carbocycles. The molecule has 0 heterocycles. The molecule has 0 spiro atoms. The Kier molecular flexibility index (Phi) is 4.68. The van der Waals surface area contributed by atoms with Crippen LogP contribution in [0.2, 0.25) is 5.02 Å². The molecule has 2 heteroatoms. The topological polar surface area (TPSA) is 12.0 Å². The third kappa shape index (κ3) is 3.20. The third-order valence-electron chi connectivity index (χ3n) is 5.31. The summed E-state index contributed by atoms with van der Waals surface area (Å²) in [5.41, 5.74) is 1.68. The highest BCUT2D eigenvalue weighted by Crippen LogP contribution is 2.42. The Morgan fingerprint density at radius 1 is 0.950 bits per heavy atom. The van der Waals surface area contributed by atoms with E-state index < -0.39 is 0 Å². The van der Waals surface area contributed by atoms with Gasteiger partial charge in [-0.3, -0.25) is 0 Å². The van der Waals surface area contributed by atoms with Crippen LogP contribution in [0.25, 0.3) is 0 Å². The zero-order valence-corrected chi connectivity index (χ0v) is 13.1. The van der Waals surface area contributed by atoms with Crippen LogP contribution in [0.4, 0.5) is 0 Å². The Balaban J connectivity index is 1.62. The lowest BCUT2D eigenvalue weighted by atomic mass is 9.71. The second kappa shape index (κ2) is 6.49. The maximum Gasteiger partial charge on any atom is 0.0434 e. The van der Waals surface area contributed by atoms with Crippen LogP contribution >= 0.6 is 11.6 Å². The molecule has 0 aromatic heterocycles. The van der Waals surface area contributed by atoms with Crippen LogP contribution < -0.4 is 5.32 Å². The summed E-state index contributed by atoms with van der Waals surface area (Å²) >= 11 is 6.02. The van der Waals surface area contributed by atoms with E-state index in [0.29, 0.717) is 0 Å². The molecule has 0 amide bonds. The van der Waals surface area contributed by atoms with Crippen molar-refractivity contribution in [1.29, 1.82) is 0 Å². The van der Waals surface area contributed by atoms with E-state index in [1.807, 2.05) is 12.1 Å². The normalized spacial score (nSPS) is 23.1. The highest BCUT2D eigenvalue weighted by molar-refractivity contribution is 6.30. The molecule has 2 saturated carbocycles. The van der Waals surface area contributed by atoms with E-state index in [1.165, 1.54) is 69.9 Å². The number of hydrogen-bond donors (Lipinski definition) is 1. The lowest BCUT2D eigenvalue weighted by Gasteiger charge is -2.44. The fourth-order valence-electron chi connectivity index (χ4n) is 3.77. The van der Waals surface area contributed by atoms with Crippen molar-refractivity contribution in [1.82, 2.24) is 5.32 Å². The number of hydrogen-bond acceptors (Lipinski definition) is 1. The van der Waals surface area contributed by atoms with Gasteiger partial charge in [0, 0.05) is 10.6 Å². The summed E-state index contributed by atoms with van der Waals surface area (Å²) in [6, 6.07) is 8.48. The fourth-order valence-corrected chi connectivity index (χ4v) is 3.90. The van der Waals surface area contributed by atoms with Gasteiger partial charge in [-0.1, -0.05) is 49.4 Å². The molecule has 2 fully saturated rings. The van der Waals surface area contributed by atoms with Gasteiger partial charge in [0.05, 0.1) is 0 Å². The first kappa shape index (κ1) is 14.4. The summed E-state index contributed by atoms with van der Waals surface area (Å²) in [4.78, 5) is 0. The molecule has 110 valence electrons. The van der Waals surface area contributed by atoms with Crippen LogP contribution in [0.1, 0.15) is 63.4 Å². The molecule has 2 aliphatic carbocycles. The van der Waals surface area contributed by atoms with Gasteiger partial charge in [0.1, 0.15) is 0 Å². The van der Waals surface area contributed by atoms with Crippen molar-refractivity contribution in [2.75, 3.05) is 6.54 Å². The molecule has 1 N–H and O–H groups in total. The molecule has 2 aliphatic rings. The van der Waals surface area contributed by atoms with Gasteiger partial charge in [0.15, 0.2) is 0 Å². The van der Waals surface area contributed by atoms with Crippen LogP contribution in [0.15, 0.2) is 24.3 Å². The SMILES string of the molecule is Clc1ccc(C2(NCC3CCCCCC3)CCC2)cc1. The Morgan fingerprint density at radius 3 is 2.15 bits per heavy atom. The number of benzene rings is 1. The number of halogens is 1. The van der Waals surface area contributed by atoms with Crippen molar-refractivity contribution >= 4 is 11.6 Å². The van der Waals surface area contributed by atoms with Crippen LogP contribution in [-0.4, -0.2) is 6.54 Å². The molecule has 0 unspecified atom stereocenters. The molecule has 20 heavy (non-hydrogen) atoms. The molecule has 1 aromatic rings. The van der Waals surface area contributed by atoms with Gasteiger partial charge < -0.3 is 5.32 Å². The molecular weight excluding hydrogens is 266 g/mol. The van der Waals surface area contributed by atoms with Gasteiger partial charge in [-0.2, -0.15) is 0 Å². The largest absolute Gasteiger partial charge is 0.307 e. The van der Waals surface area contributed by atoms with E-state index in [0.717, 1.165) is 10.9 Å². The van der Waals surface area contributed by atoms with Crippen molar-refractivity contribution in [3.63, 3.8) is 0 Å². The predicted molar refractivity (Wildman–Crippen MR) is 86.2 cm³/mol. The van der Waals surface area contributed by atoms with Crippen molar-refractivity contribution in [3.05, 3.63) is 34.9 Å². The van der Waals surface area contributed by atoms with E-state index in [9.17, 15) is 0 Å². The van der Waals surface area contributed by atoms with Gasteiger partial charge in [0.25, 0.3) is 0 Å². The van der Waals surface area contributed by atoms with Crippen molar-refractivity contribution < 1.29 is 0 Å². The van der Waals surface area contributed by atoms with Crippen molar-refractivity contribution in [2.45, 2.75) is 63.3 Å². The quantitative estimate of drug-likeness (QED) is 0.744. The third-order valence-corrected chi connectivity index (χ3v) is 5.56. The highest BCUT2D eigenvalue weighted by Gasteiger charge is 2.38. The molecule has 3 rings (SSSR count). The lowest BCUT2D eigenvalue weighted by Crippen LogP contribution is -2.49. The maximum absolute atomic E-state index is 6.02. The predicted octanol–water partition coefficient (Wildman–Crippen LogP) is 5.28. The molecule has 0 saturated heterocycles. The lowest BCUT2D eigenvalue weighted by molar-refractivity contribution is 0.172. The minimum atomic E-state index is 0.247. The van der Waals surface area contributed by atoms with Crippen molar-refractivity contribution in [3.8, 4) is 0 Å². The standard InChI is InChI=1S/C18H26ClN/c19-17-10-8-16(9-11-17)18(12-5-13-18)20-14-15-6-3-1-2-4-7-15/h8-11,15,20H,1-7,12-14H2. The highest BCUT2D eigenvalue weighted by atomic mass is 35.5. The molecule has 0 aliphatic heterocycles. The smallest absolute Gasteiger partial charge is 0.0434 e. The Labute approximate surface area is 128 Å². The van der Waals surface area contributed by atoms with E-state index in [1.54, 1.807) is 0 Å². The van der Waals surface area contributed by atoms with E-state index in [4.69, 9.17) is 11.6 Å². The second-order valence-corrected chi connectivity index (χ2v) is 7.12. The van der Waals surface area contributed by atoms with Gasteiger partial charge in [-0.15, -0.1) is 0 Å². The number of rotatable bonds is 4.